The van der Waals surface area contributed by atoms with E-state index in [1.807, 2.05) is 0 Å². The van der Waals surface area contributed by atoms with Crippen LogP contribution in [-0.4, -0.2) is 14.8 Å². The molecule has 0 radical (unpaired) electrons. The second-order valence-corrected chi connectivity index (χ2v) is 6.88. The number of hydrogen-bond donors (Lipinski definition) is 0. The van der Waals surface area contributed by atoms with Crippen molar-refractivity contribution in [3.63, 3.8) is 0 Å². The van der Waals surface area contributed by atoms with E-state index in [0.29, 0.717) is 0 Å². The van der Waals surface area contributed by atoms with Gasteiger partial charge < -0.3 is 9.64 Å². The molecule has 0 amide bonds. The molecule has 1 heterocycles. The molecule has 2 aromatic rings. The number of fused-ring (bicyclic) bond motifs is 1. The van der Waals surface area contributed by atoms with E-state index in [4.69, 9.17) is 5.26 Å². The molecule has 128 valence electrons. The summed E-state index contributed by atoms with van der Waals surface area (Å²) in [4.78, 5) is 0.725. The van der Waals surface area contributed by atoms with Gasteiger partial charge in [0.1, 0.15) is 11.8 Å². The lowest BCUT2D eigenvalue weighted by Crippen LogP contribution is -2.21. The molecule has 0 unspecified atom stereocenters. The monoisotopic (exact) mass is 366 g/mol. The van der Waals surface area contributed by atoms with Crippen LogP contribution in [0.25, 0.3) is 0 Å². The molecule has 0 atom stereocenters. The lowest BCUT2D eigenvalue weighted by atomic mass is 10.2. The van der Waals surface area contributed by atoms with E-state index in [9.17, 15) is 21.6 Å². The molecule has 25 heavy (non-hydrogen) atoms. The molecular weight excluding hydrogens is 357 g/mol. The molecule has 0 saturated carbocycles. The SMILES string of the molecule is N#CC1=CN(c2cccc(OC(F)(F)F)c2)c2ccccc2S1(=O)=O. The highest BCUT2D eigenvalue weighted by molar-refractivity contribution is 7.95. The molecule has 1 aliphatic rings. The van der Waals surface area contributed by atoms with Gasteiger partial charge in [0.2, 0.25) is 9.84 Å². The quantitative estimate of drug-likeness (QED) is 0.807. The molecule has 0 spiro atoms. The molecule has 0 fully saturated rings. The van der Waals surface area contributed by atoms with Gasteiger partial charge in [-0.15, -0.1) is 13.2 Å². The topological polar surface area (TPSA) is 70.4 Å². The predicted molar refractivity (Wildman–Crippen MR) is 82.6 cm³/mol. The average molecular weight is 366 g/mol. The molecule has 9 heteroatoms. The van der Waals surface area contributed by atoms with E-state index in [1.54, 1.807) is 12.1 Å². The van der Waals surface area contributed by atoms with Gasteiger partial charge >= 0.3 is 6.36 Å². The maximum absolute atomic E-state index is 12.4. The Morgan fingerprint density at radius 3 is 2.48 bits per heavy atom. The van der Waals surface area contributed by atoms with Gasteiger partial charge in [-0.2, -0.15) is 5.26 Å². The van der Waals surface area contributed by atoms with Gasteiger partial charge in [0, 0.05) is 18.0 Å². The second-order valence-electron chi connectivity index (χ2n) is 4.99. The zero-order chi connectivity index (χ0) is 18.2. The summed E-state index contributed by atoms with van der Waals surface area (Å²) in [6, 6.07) is 12.6. The van der Waals surface area contributed by atoms with Crippen molar-refractivity contribution in [1.82, 2.24) is 0 Å². The third kappa shape index (κ3) is 3.16. The number of hydrogen-bond acceptors (Lipinski definition) is 5. The van der Waals surface area contributed by atoms with Crippen LogP contribution in [-0.2, 0) is 9.84 Å². The highest BCUT2D eigenvalue weighted by atomic mass is 32.2. The number of anilines is 2. The molecule has 2 aromatic carbocycles. The first-order valence-electron chi connectivity index (χ1n) is 6.83. The number of nitrogens with zero attached hydrogens (tertiary/aromatic N) is 2. The van der Waals surface area contributed by atoms with E-state index in [-0.39, 0.29) is 16.3 Å². The first kappa shape index (κ1) is 16.9. The molecule has 5 nitrogen and oxygen atoms in total. The summed E-state index contributed by atoms with van der Waals surface area (Å²) in [5, 5.41) is 9.13. The van der Waals surface area contributed by atoms with Crippen LogP contribution in [0.3, 0.4) is 0 Å². The Morgan fingerprint density at radius 2 is 1.80 bits per heavy atom. The van der Waals surface area contributed by atoms with Gasteiger partial charge in [0.05, 0.1) is 10.6 Å². The highest BCUT2D eigenvalue weighted by Gasteiger charge is 2.33. The van der Waals surface area contributed by atoms with Crippen LogP contribution in [0.1, 0.15) is 0 Å². The zero-order valence-electron chi connectivity index (χ0n) is 12.4. The number of rotatable bonds is 2. The van der Waals surface area contributed by atoms with Crippen molar-refractivity contribution >= 4 is 21.2 Å². The molecule has 0 aliphatic carbocycles. The number of ether oxygens (including phenoxy) is 1. The van der Waals surface area contributed by atoms with E-state index in [1.165, 1.54) is 35.2 Å². The minimum absolute atomic E-state index is 0.101. The smallest absolute Gasteiger partial charge is 0.406 e. The van der Waals surface area contributed by atoms with Crippen molar-refractivity contribution < 1.29 is 26.3 Å². The highest BCUT2D eigenvalue weighted by Crippen LogP contribution is 2.40. The van der Waals surface area contributed by atoms with Crippen molar-refractivity contribution in [2.75, 3.05) is 4.90 Å². The van der Waals surface area contributed by atoms with Crippen LogP contribution in [0.15, 0.2) is 64.5 Å². The van der Waals surface area contributed by atoms with Gasteiger partial charge in [-0.25, -0.2) is 8.42 Å². The van der Waals surface area contributed by atoms with Crippen LogP contribution >= 0.6 is 0 Å². The van der Waals surface area contributed by atoms with Crippen molar-refractivity contribution in [2.45, 2.75) is 11.3 Å². The summed E-state index contributed by atoms with van der Waals surface area (Å²) >= 11 is 0. The fourth-order valence-corrected chi connectivity index (χ4v) is 3.69. The van der Waals surface area contributed by atoms with Crippen molar-refractivity contribution in [3.05, 3.63) is 59.6 Å². The van der Waals surface area contributed by atoms with Crippen LogP contribution in [0.5, 0.6) is 5.75 Å². The summed E-state index contributed by atoms with van der Waals surface area (Å²) in [7, 11) is -3.97. The maximum atomic E-state index is 12.4. The number of sulfone groups is 1. The lowest BCUT2D eigenvalue weighted by molar-refractivity contribution is -0.274. The molecule has 0 N–H and O–H groups in total. The number of halogens is 3. The van der Waals surface area contributed by atoms with Crippen molar-refractivity contribution in [3.8, 4) is 11.8 Å². The average Bonchev–Trinajstić information content (AvgIpc) is 2.54. The standard InChI is InChI=1S/C16H9F3N2O3S/c17-16(18,19)24-12-5-3-4-11(8-12)21-10-13(9-20)25(22,23)15-7-2-1-6-14(15)21/h1-8,10H. The Bertz CT molecular complexity index is 1010. The molecule has 0 saturated heterocycles. The van der Waals surface area contributed by atoms with Gasteiger partial charge in [-0.3, -0.25) is 0 Å². The summed E-state index contributed by atoms with van der Waals surface area (Å²) in [6.07, 6.45) is -3.78. The van der Waals surface area contributed by atoms with Gasteiger partial charge in [0.25, 0.3) is 0 Å². The molecule has 0 aromatic heterocycles. The van der Waals surface area contributed by atoms with Crippen LogP contribution < -0.4 is 9.64 Å². The summed E-state index contributed by atoms with van der Waals surface area (Å²) < 4.78 is 65.8. The maximum Gasteiger partial charge on any atom is 0.573 e. The minimum atomic E-state index is -4.85. The zero-order valence-corrected chi connectivity index (χ0v) is 13.2. The van der Waals surface area contributed by atoms with Gasteiger partial charge in [-0.05, 0) is 24.3 Å². The van der Waals surface area contributed by atoms with E-state index >= 15 is 0 Å². The summed E-state index contributed by atoms with van der Waals surface area (Å²) in [5.74, 6) is -0.456. The largest absolute Gasteiger partial charge is 0.573 e. The second kappa shape index (κ2) is 5.82. The molecule has 3 rings (SSSR count). The van der Waals surface area contributed by atoms with E-state index < -0.39 is 26.9 Å². The lowest BCUT2D eigenvalue weighted by Gasteiger charge is -2.27. The first-order valence-corrected chi connectivity index (χ1v) is 8.32. The van der Waals surface area contributed by atoms with Crippen LogP contribution in [0.2, 0.25) is 0 Å². The Balaban J connectivity index is 2.15. The van der Waals surface area contributed by atoms with Crippen LogP contribution in [0.4, 0.5) is 24.5 Å². The number of para-hydroxylation sites is 1. The van der Waals surface area contributed by atoms with Gasteiger partial charge in [-0.1, -0.05) is 18.2 Å². The fourth-order valence-electron chi connectivity index (χ4n) is 2.39. The van der Waals surface area contributed by atoms with Crippen LogP contribution in [0, 0.1) is 11.3 Å². The van der Waals surface area contributed by atoms with Crippen molar-refractivity contribution in [2.24, 2.45) is 0 Å². The Kier molecular flexibility index (Phi) is 3.93. The number of alkyl halides is 3. The third-order valence-corrected chi connectivity index (χ3v) is 5.09. The normalized spacial score (nSPS) is 15.8. The Hall–Kier alpha value is -2.99. The molecular formula is C16H9F3N2O3S. The molecule has 1 aliphatic heterocycles. The molecule has 0 bridgehead atoms. The Morgan fingerprint density at radius 1 is 1.08 bits per heavy atom. The van der Waals surface area contributed by atoms with E-state index in [2.05, 4.69) is 4.74 Å². The van der Waals surface area contributed by atoms with Crippen molar-refractivity contribution in [1.29, 1.82) is 5.26 Å². The Labute approximate surface area is 141 Å². The summed E-state index contributed by atoms with van der Waals surface area (Å²) in [5.41, 5.74) is 0.447. The number of benzene rings is 2. The van der Waals surface area contributed by atoms with Gasteiger partial charge in [0.15, 0.2) is 4.91 Å². The number of nitriles is 1. The predicted octanol–water partition coefficient (Wildman–Crippen LogP) is 3.88. The third-order valence-electron chi connectivity index (χ3n) is 3.39. The number of allylic oxidation sites excluding steroid dienone is 1. The van der Waals surface area contributed by atoms with E-state index in [0.717, 1.165) is 18.3 Å². The summed E-state index contributed by atoms with van der Waals surface area (Å²) in [6.45, 7) is 0. The minimum Gasteiger partial charge on any atom is -0.406 e. The first-order chi connectivity index (χ1) is 11.7. The fraction of sp³-hybridized carbons (Fsp3) is 0.0625.